The van der Waals surface area contributed by atoms with Gasteiger partial charge in [0.1, 0.15) is 0 Å². The van der Waals surface area contributed by atoms with Crippen LogP contribution in [-0.4, -0.2) is 40.6 Å². The Morgan fingerprint density at radius 3 is 1.56 bits per heavy atom. The standard InChI is InChI=1S/C10H16O7S/c1-5(2)14-9(11)7-8(17-18(13)16-7)10(12)15-6(3)4/h5-8H,1-4H3. The molecule has 1 fully saturated rings. The van der Waals surface area contributed by atoms with Crippen molar-refractivity contribution in [2.75, 3.05) is 0 Å². The molecule has 0 spiro atoms. The van der Waals surface area contributed by atoms with Gasteiger partial charge in [-0.25, -0.2) is 18.0 Å². The minimum absolute atomic E-state index is 0.378. The molecule has 1 saturated heterocycles. The quantitative estimate of drug-likeness (QED) is 0.682. The summed E-state index contributed by atoms with van der Waals surface area (Å²) in [5, 5.41) is 0. The summed E-state index contributed by atoms with van der Waals surface area (Å²) in [6.07, 6.45) is -3.48. The van der Waals surface area contributed by atoms with Gasteiger partial charge in [-0.3, -0.25) is 0 Å². The lowest BCUT2D eigenvalue weighted by molar-refractivity contribution is -0.167. The van der Waals surface area contributed by atoms with Gasteiger partial charge in [0.15, 0.2) is 0 Å². The Bertz CT molecular complexity index is 320. The van der Waals surface area contributed by atoms with Gasteiger partial charge >= 0.3 is 23.3 Å². The first-order valence-corrected chi connectivity index (χ1v) is 6.48. The topological polar surface area (TPSA) is 88.1 Å². The van der Waals surface area contributed by atoms with Crippen LogP contribution in [-0.2, 0) is 38.8 Å². The van der Waals surface area contributed by atoms with Gasteiger partial charge in [0, 0.05) is 0 Å². The van der Waals surface area contributed by atoms with Gasteiger partial charge < -0.3 is 9.47 Å². The molecule has 1 heterocycles. The molecule has 0 aromatic heterocycles. The van der Waals surface area contributed by atoms with Crippen molar-refractivity contribution in [2.24, 2.45) is 0 Å². The summed E-state index contributed by atoms with van der Waals surface area (Å²) in [4.78, 5) is 23.3. The van der Waals surface area contributed by atoms with E-state index < -0.39 is 35.5 Å². The second-order valence-corrected chi connectivity index (χ2v) is 5.00. The van der Waals surface area contributed by atoms with Gasteiger partial charge in [-0.2, -0.15) is 4.21 Å². The second kappa shape index (κ2) is 6.26. The normalized spacial score (nSPS) is 27.6. The van der Waals surface area contributed by atoms with Crippen LogP contribution >= 0.6 is 0 Å². The molecule has 0 aliphatic carbocycles. The van der Waals surface area contributed by atoms with E-state index in [9.17, 15) is 13.8 Å². The largest absolute Gasteiger partial charge is 0.461 e. The van der Waals surface area contributed by atoms with Crippen molar-refractivity contribution in [1.82, 2.24) is 0 Å². The number of rotatable bonds is 4. The lowest BCUT2D eigenvalue weighted by atomic mass is 10.2. The SMILES string of the molecule is CC(C)OC(=O)C1OS(=O)OC1C(=O)OC(C)C. The van der Waals surface area contributed by atoms with Gasteiger partial charge in [0.25, 0.3) is 0 Å². The summed E-state index contributed by atoms with van der Waals surface area (Å²) >= 11 is -2.16. The van der Waals surface area contributed by atoms with Gasteiger partial charge in [-0.15, -0.1) is 0 Å². The monoisotopic (exact) mass is 280 g/mol. The number of hydrogen-bond acceptors (Lipinski definition) is 7. The van der Waals surface area contributed by atoms with E-state index in [0.717, 1.165) is 0 Å². The van der Waals surface area contributed by atoms with Gasteiger partial charge in [-0.05, 0) is 27.7 Å². The molecule has 2 unspecified atom stereocenters. The van der Waals surface area contributed by atoms with Crippen LogP contribution in [0.25, 0.3) is 0 Å². The van der Waals surface area contributed by atoms with E-state index in [1.54, 1.807) is 27.7 Å². The zero-order valence-electron chi connectivity index (χ0n) is 10.6. The van der Waals surface area contributed by atoms with Crippen molar-refractivity contribution in [3.63, 3.8) is 0 Å². The first-order valence-electron chi connectivity index (χ1n) is 5.48. The zero-order chi connectivity index (χ0) is 13.9. The third kappa shape index (κ3) is 4.04. The van der Waals surface area contributed by atoms with Gasteiger partial charge in [-0.1, -0.05) is 0 Å². The molecule has 2 atom stereocenters. The molecular weight excluding hydrogens is 264 g/mol. The number of hydrogen-bond donors (Lipinski definition) is 0. The maximum atomic E-state index is 11.6. The molecule has 0 radical (unpaired) electrons. The summed E-state index contributed by atoms with van der Waals surface area (Å²) < 4.78 is 30.3. The van der Waals surface area contributed by atoms with Crippen molar-refractivity contribution in [1.29, 1.82) is 0 Å². The lowest BCUT2D eigenvalue weighted by Gasteiger charge is -2.16. The molecule has 18 heavy (non-hydrogen) atoms. The predicted octanol–water partition coefficient (Wildman–Crippen LogP) is 0.252. The van der Waals surface area contributed by atoms with Gasteiger partial charge in [0.05, 0.1) is 12.2 Å². The highest BCUT2D eigenvalue weighted by Crippen LogP contribution is 2.21. The van der Waals surface area contributed by atoms with Gasteiger partial charge in [0.2, 0.25) is 12.2 Å². The number of esters is 2. The average molecular weight is 280 g/mol. The van der Waals surface area contributed by atoms with E-state index in [2.05, 4.69) is 0 Å². The molecule has 1 aliphatic rings. The molecular formula is C10H16O7S. The Hall–Kier alpha value is -0.990. The Morgan fingerprint density at radius 2 is 1.28 bits per heavy atom. The summed E-state index contributed by atoms with van der Waals surface area (Å²) in [5.41, 5.74) is 0. The second-order valence-electron chi connectivity index (χ2n) is 4.21. The third-order valence-corrected chi connectivity index (χ3v) is 2.54. The van der Waals surface area contributed by atoms with Crippen LogP contribution < -0.4 is 0 Å². The molecule has 0 aromatic rings. The first kappa shape index (κ1) is 15.1. The van der Waals surface area contributed by atoms with E-state index >= 15 is 0 Å². The summed E-state index contributed by atoms with van der Waals surface area (Å²) in [5.74, 6) is -1.61. The molecule has 0 bridgehead atoms. The van der Waals surface area contributed by atoms with Crippen LogP contribution in [0, 0.1) is 0 Å². The Kier molecular flexibility index (Phi) is 5.24. The minimum atomic E-state index is -2.16. The van der Waals surface area contributed by atoms with Crippen LogP contribution in [0.5, 0.6) is 0 Å². The molecule has 1 rings (SSSR count). The molecule has 0 amide bonds. The number of carbonyl (C=O) groups is 2. The smallest absolute Gasteiger partial charge is 0.340 e. The maximum absolute atomic E-state index is 11.6. The highest BCUT2D eigenvalue weighted by Gasteiger charge is 2.47. The fraction of sp³-hybridized carbons (Fsp3) is 0.800. The van der Waals surface area contributed by atoms with Crippen LogP contribution in [0.2, 0.25) is 0 Å². The van der Waals surface area contributed by atoms with Crippen molar-refractivity contribution >= 4 is 23.3 Å². The Morgan fingerprint density at radius 1 is 0.944 bits per heavy atom. The Balaban J connectivity index is 2.72. The van der Waals surface area contributed by atoms with Crippen LogP contribution in [0.3, 0.4) is 0 Å². The van der Waals surface area contributed by atoms with Crippen LogP contribution in [0.15, 0.2) is 0 Å². The lowest BCUT2D eigenvalue weighted by Crippen LogP contribution is -2.40. The minimum Gasteiger partial charge on any atom is -0.461 e. The third-order valence-electron chi connectivity index (χ3n) is 1.81. The molecule has 7 nitrogen and oxygen atoms in total. The zero-order valence-corrected chi connectivity index (χ0v) is 11.4. The molecule has 8 heteroatoms. The highest BCUT2D eigenvalue weighted by atomic mass is 32.2. The predicted molar refractivity (Wildman–Crippen MR) is 60.3 cm³/mol. The van der Waals surface area contributed by atoms with Crippen molar-refractivity contribution in [3.8, 4) is 0 Å². The maximum Gasteiger partial charge on any atom is 0.340 e. The molecule has 104 valence electrons. The first-order chi connectivity index (χ1) is 8.31. The average Bonchev–Trinajstić information content (AvgIpc) is 2.58. The van der Waals surface area contributed by atoms with Crippen molar-refractivity contribution in [3.05, 3.63) is 0 Å². The van der Waals surface area contributed by atoms with Crippen molar-refractivity contribution in [2.45, 2.75) is 52.1 Å². The molecule has 0 saturated carbocycles. The van der Waals surface area contributed by atoms with Crippen LogP contribution in [0.1, 0.15) is 27.7 Å². The fourth-order valence-corrected chi connectivity index (χ4v) is 1.96. The van der Waals surface area contributed by atoms with Crippen LogP contribution in [0.4, 0.5) is 0 Å². The van der Waals surface area contributed by atoms with E-state index in [0.29, 0.717) is 0 Å². The van der Waals surface area contributed by atoms with E-state index in [4.69, 9.17) is 17.8 Å². The molecule has 0 aromatic carbocycles. The summed E-state index contributed by atoms with van der Waals surface area (Å²) in [6, 6.07) is 0. The van der Waals surface area contributed by atoms with Crippen molar-refractivity contribution < 1.29 is 31.6 Å². The fourth-order valence-electron chi connectivity index (χ4n) is 1.22. The number of carbonyl (C=O) groups excluding carboxylic acids is 2. The highest BCUT2D eigenvalue weighted by molar-refractivity contribution is 7.75. The summed E-state index contributed by atoms with van der Waals surface area (Å²) in [7, 11) is 0. The molecule has 1 aliphatic heterocycles. The molecule has 0 N–H and O–H groups in total. The van der Waals surface area contributed by atoms with E-state index in [1.807, 2.05) is 0 Å². The van der Waals surface area contributed by atoms with E-state index in [1.165, 1.54) is 0 Å². The summed E-state index contributed by atoms with van der Waals surface area (Å²) in [6.45, 7) is 6.58. The Labute approximate surface area is 108 Å². The van der Waals surface area contributed by atoms with E-state index in [-0.39, 0.29) is 12.2 Å². The number of ether oxygens (including phenoxy) is 2.